The molecule has 1 amide bonds. The molecule has 0 aliphatic heterocycles. The predicted molar refractivity (Wildman–Crippen MR) is 107 cm³/mol. The normalized spacial score (nSPS) is 10.6. The summed E-state index contributed by atoms with van der Waals surface area (Å²) in [6, 6.07) is 9.66. The fourth-order valence-corrected chi connectivity index (χ4v) is 3.93. The first-order chi connectivity index (χ1) is 13.5. The molecule has 0 unspecified atom stereocenters. The van der Waals surface area contributed by atoms with Crippen molar-refractivity contribution >= 4 is 34.6 Å². The van der Waals surface area contributed by atoms with E-state index in [1.165, 1.54) is 15.9 Å². The first kappa shape index (κ1) is 20.0. The van der Waals surface area contributed by atoms with Crippen molar-refractivity contribution in [2.24, 2.45) is 0 Å². The Hall–Kier alpha value is -2.78. The van der Waals surface area contributed by atoms with Crippen LogP contribution >= 0.6 is 22.7 Å². The number of nitrogens with zero attached hydrogens (tertiary/aromatic N) is 2. The van der Waals surface area contributed by atoms with Gasteiger partial charge in [0.1, 0.15) is 18.2 Å². The van der Waals surface area contributed by atoms with Crippen LogP contribution in [0.2, 0.25) is 0 Å². The lowest BCUT2D eigenvalue weighted by Crippen LogP contribution is -2.24. The smallest absolute Gasteiger partial charge is 0.326 e. The Balaban J connectivity index is 1.44. The number of benzene rings is 1. The van der Waals surface area contributed by atoms with E-state index in [9.17, 15) is 14.4 Å². The molecule has 0 bridgehead atoms. The molecule has 2 aromatic heterocycles. The van der Waals surface area contributed by atoms with E-state index in [-0.39, 0.29) is 30.4 Å². The van der Waals surface area contributed by atoms with E-state index in [0.717, 1.165) is 22.6 Å². The van der Waals surface area contributed by atoms with E-state index in [1.807, 2.05) is 30.3 Å². The van der Waals surface area contributed by atoms with Crippen molar-refractivity contribution in [3.05, 3.63) is 72.7 Å². The van der Waals surface area contributed by atoms with E-state index in [1.54, 1.807) is 17.7 Å². The fraction of sp³-hybridized carbons (Fsp3) is 0.263. The number of rotatable bonds is 8. The van der Waals surface area contributed by atoms with Crippen molar-refractivity contribution in [2.45, 2.75) is 33.0 Å². The van der Waals surface area contributed by atoms with Gasteiger partial charge in [-0.05, 0) is 12.5 Å². The number of thiazole rings is 2. The molecule has 28 heavy (non-hydrogen) atoms. The molecule has 0 radical (unpaired) electrons. The Morgan fingerprint density at radius 3 is 2.68 bits per heavy atom. The molecule has 146 valence electrons. The van der Waals surface area contributed by atoms with E-state index < -0.39 is 5.97 Å². The lowest BCUT2D eigenvalue weighted by atomic mass is 10.2. The zero-order valence-electron chi connectivity index (χ0n) is 15.2. The lowest BCUT2D eigenvalue weighted by molar-refractivity contribution is -0.145. The molecular weight excluding hydrogens is 398 g/mol. The number of amides is 1. The van der Waals surface area contributed by atoms with Crippen LogP contribution in [0.15, 0.2) is 45.9 Å². The summed E-state index contributed by atoms with van der Waals surface area (Å²) in [7, 11) is 0. The number of esters is 1. The topological polar surface area (TPSA) is 90.3 Å². The summed E-state index contributed by atoms with van der Waals surface area (Å²) in [5.74, 6) is -0.618. The predicted octanol–water partition coefficient (Wildman–Crippen LogP) is 2.28. The minimum atomic E-state index is -0.501. The Bertz CT molecular complexity index is 1010. The van der Waals surface area contributed by atoms with E-state index in [0.29, 0.717) is 17.2 Å². The fourth-order valence-electron chi connectivity index (χ4n) is 2.42. The summed E-state index contributed by atoms with van der Waals surface area (Å²) >= 11 is 2.39. The van der Waals surface area contributed by atoms with Crippen LogP contribution in [-0.2, 0) is 40.4 Å². The van der Waals surface area contributed by atoms with E-state index in [2.05, 4.69) is 10.3 Å². The molecule has 0 saturated carbocycles. The van der Waals surface area contributed by atoms with Crippen LogP contribution in [0.5, 0.6) is 0 Å². The third-order valence-corrected chi connectivity index (χ3v) is 5.67. The SMILES string of the molecule is Cc1csc(=O)n1CC(=O)OCc1csc(CC(=O)NCc2ccccc2)n1. The van der Waals surface area contributed by atoms with Gasteiger partial charge in [0.25, 0.3) is 0 Å². The largest absolute Gasteiger partial charge is 0.458 e. The molecule has 1 N–H and O–H groups in total. The molecular formula is C19H19N3O4S2. The molecule has 0 spiro atoms. The highest BCUT2D eigenvalue weighted by Gasteiger charge is 2.12. The zero-order valence-corrected chi connectivity index (χ0v) is 16.8. The van der Waals surface area contributed by atoms with Gasteiger partial charge in [-0.15, -0.1) is 11.3 Å². The first-order valence-electron chi connectivity index (χ1n) is 8.55. The summed E-state index contributed by atoms with van der Waals surface area (Å²) in [4.78, 5) is 39.7. The highest BCUT2D eigenvalue weighted by molar-refractivity contribution is 7.09. The van der Waals surface area contributed by atoms with Gasteiger partial charge in [-0.2, -0.15) is 0 Å². The molecule has 7 nitrogen and oxygen atoms in total. The number of aryl methyl sites for hydroxylation is 1. The van der Waals surface area contributed by atoms with Crippen LogP contribution in [0.4, 0.5) is 0 Å². The van der Waals surface area contributed by atoms with Crippen molar-refractivity contribution in [1.82, 2.24) is 14.9 Å². The molecule has 1 aromatic carbocycles. The Morgan fingerprint density at radius 1 is 1.18 bits per heavy atom. The number of carbonyl (C=O) groups excluding carboxylic acids is 2. The Kier molecular flexibility index (Phi) is 6.72. The number of carbonyl (C=O) groups is 2. The van der Waals surface area contributed by atoms with E-state index >= 15 is 0 Å². The average molecular weight is 418 g/mol. The molecule has 9 heteroatoms. The van der Waals surface area contributed by atoms with Crippen molar-refractivity contribution in [3.63, 3.8) is 0 Å². The highest BCUT2D eigenvalue weighted by Crippen LogP contribution is 2.12. The Morgan fingerprint density at radius 2 is 1.96 bits per heavy atom. The molecule has 3 aromatic rings. The molecule has 3 rings (SSSR count). The molecule has 0 saturated heterocycles. The van der Waals surface area contributed by atoms with Gasteiger partial charge in [-0.25, -0.2) is 4.98 Å². The molecule has 0 atom stereocenters. The van der Waals surface area contributed by atoms with Crippen molar-refractivity contribution in [3.8, 4) is 0 Å². The third kappa shape index (κ3) is 5.61. The van der Waals surface area contributed by atoms with Crippen LogP contribution in [0, 0.1) is 6.92 Å². The second-order valence-electron chi connectivity index (χ2n) is 6.06. The summed E-state index contributed by atoms with van der Waals surface area (Å²) in [5, 5.41) is 6.97. The summed E-state index contributed by atoms with van der Waals surface area (Å²) < 4.78 is 6.56. The van der Waals surface area contributed by atoms with E-state index in [4.69, 9.17) is 4.74 Å². The lowest BCUT2D eigenvalue weighted by Gasteiger charge is -2.05. The van der Waals surface area contributed by atoms with Gasteiger partial charge in [0.15, 0.2) is 0 Å². The summed E-state index contributed by atoms with van der Waals surface area (Å²) in [5.41, 5.74) is 2.34. The van der Waals surface area contributed by atoms with Gasteiger partial charge >= 0.3 is 10.8 Å². The maximum absolute atomic E-state index is 12.0. The standard InChI is InChI=1S/C19H19N3O4S2/c1-13-11-28-19(25)22(13)9-18(24)26-10-15-12-27-17(21-15)7-16(23)20-8-14-5-3-2-4-6-14/h2-6,11-12H,7-10H2,1H3,(H,20,23). The second kappa shape index (κ2) is 9.43. The third-order valence-electron chi connectivity index (χ3n) is 3.89. The number of hydrogen-bond acceptors (Lipinski definition) is 7. The maximum Gasteiger partial charge on any atom is 0.326 e. The van der Waals surface area contributed by atoms with Crippen LogP contribution in [0.25, 0.3) is 0 Å². The molecule has 2 heterocycles. The van der Waals surface area contributed by atoms with Crippen molar-refractivity contribution < 1.29 is 14.3 Å². The van der Waals surface area contributed by atoms with Gasteiger partial charge in [0, 0.05) is 23.0 Å². The number of hydrogen-bond donors (Lipinski definition) is 1. The van der Waals surface area contributed by atoms with Crippen LogP contribution in [0.1, 0.15) is 22.0 Å². The molecule has 0 fully saturated rings. The van der Waals surface area contributed by atoms with Gasteiger partial charge in [0.05, 0.1) is 12.1 Å². The molecule has 0 aliphatic carbocycles. The maximum atomic E-state index is 12.0. The summed E-state index contributed by atoms with van der Waals surface area (Å²) in [6.07, 6.45) is 0.176. The van der Waals surface area contributed by atoms with Crippen LogP contribution in [-0.4, -0.2) is 21.4 Å². The number of aromatic nitrogens is 2. The highest BCUT2D eigenvalue weighted by atomic mass is 32.1. The quantitative estimate of drug-likeness (QED) is 0.568. The van der Waals surface area contributed by atoms with Gasteiger partial charge in [0.2, 0.25) is 5.91 Å². The number of ether oxygens (including phenoxy) is 1. The van der Waals surface area contributed by atoms with Crippen molar-refractivity contribution in [2.75, 3.05) is 0 Å². The second-order valence-corrected chi connectivity index (χ2v) is 7.82. The minimum Gasteiger partial charge on any atom is -0.458 e. The van der Waals surface area contributed by atoms with Crippen LogP contribution in [0.3, 0.4) is 0 Å². The van der Waals surface area contributed by atoms with Crippen molar-refractivity contribution in [1.29, 1.82) is 0 Å². The average Bonchev–Trinajstić information content (AvgIpc) is 3.27. The first-order valence-corrected chi connectivity index (χ1v) is 10.3. The molecule has 0 aliphatic rings. The van der Waals surface area contributed by atoms with Crippen LogP contribution < -0.4 is 10.2 Å². The minimum absolute atomic E-state index is 0.0128. The van der Waals surface area contributed by atoms with Gasteiger partial charge in [-0.3, -0.25) is 19.0 Å². The van der Waals surface area contributed by atoms with Gasteiger partial charge in [-0.1, -0.05) is 41.7 Å². The van der Waals surface area contributed by atoms with Gasteiger partial charge < -0.3 is 10.1 Å². The number of nitrogens with one attached hydrogen (secondary N) is 1. The summed E-state index contributed by atoms with van der Waals surface area (Å²) in [6.45, 7) is 2.13. The Labute approximate surface area is 169 Å². The monoisotopic (exact) mass is 417 g/mol. The zero-order chi connectivity index (χ0) is 19.9.